The highest BCUT2D eigenvalue weighted by Gasteiger charge is 2.08. The van der Waals surface area contributed by atoms with Crippen LogP contribution >= 0.6 is 23.2 Å². The Morgan fingerprint density at radius 1 is 1.14 bits per heavy atom. The Morgan fingerprint density at radius 2 is 1.91 bits per heavy atom. The lowest BCUT2D eigenvalue weighted by atomic mass is 10.1. The Labute approximate surface area is 140 Å². The van der Waals surface area contributed by atoms with Gasteiger partial charge >= 0.3 is 0 Å². The molecule has 0 aliphatic rings. The van der Waals surface area contributed by atoms with Crippen molar-refractivity contribution >= 4 is 34.8 Å². The van der Waals surface area contributed by atoms with E-state index in [0.29, 0.717) is 40.9 Å². The van der Waals surface area contributed by atoms with Crippen LogP contribution in [-0.4, -0.2) is 12.5 Å². The molecule has 2 aromatic rings. The Morgan fingerprint density at radius 3 is 2.64 bits per heavy atom. The minimum absolute atomic E-state index is 0.0711. The first-order chi connectivity index (χ1) is 10.6. The molecule has 116 valence electrons. The molecule has 3 nitrogen and oxygen atoms in total. The molecule has 0 radical (unpaired) electrons. The average molecular weight is 338 g/mol. The lowest BCUT2D eigenvalue weighted by Crippen LogP contribution is -2.13. The van der Waals surface area contributed by atoms with Crippen LogP contribution in [0.3, 0.4) is 0 Å². The van der Waals surface area contributed by atoms with Gasteiger partial charge in [-0.05, 0) is 43.2 Å². The number of halogens is 2. The SMILES string of the molecule is CCOc1ccccc1NC(=O)CCc1ccc(Cl)c(Cl)c1. The summed E-state index contributed by atoms with van der Waals surface area (Å²) in [4.78, 5) is 12.1. The second-order valence-corrected chi connectivity index (χ2v) is 5.54. The lowest BCUT2D eigenvalue weighted by Gasteiger charge is -2.11. The van der Waals surface area contributed by atoms with Crippen LogP contribution in [-0.2, 0) is 11.2 Å². The number of para-hydroxylation sites is 2. The molecule has 0 fully saturated rings. The fourth-order valence-corrected chi connectivity index (χ4v) is 2.34. The van der Waals surface area contributed by atoms with Gasteiger partial charge in [0.15, 0.2) is 0 Å². The van der Waals surface area contributed by atoms with E-state index in [0.717, 1.165) is 5.56 Å². The topological polar surface area (TPSA) is 38.3 Å². The van der Waals surface area contributed by atoms with Crippen LogP contribution < -0.4 is 10.1 Å². The van der Waals surface area contributed by atoms with Gasteiger partial charge in [0.1, 0.15) is 5.75 Å². The third-order valence-corrected chi connectivity index (χ3v) is 3.82. The van der Waals surface area contributed by atoms with Crippen molar-refractivity contribution < 1.29 is 9.53 Å². The summed E-state index contributed by atoms with van der Waals surface area (Å²) in [5.41, 5.74) is 1.66. The first kappa shape index (κ1) is 16.7. The maximum atomic E-state index is 12.1. The number of benzene rings is 2. The van der Waals surface area contributed by atoms with Crippen LogP contribution in [0.25, 0.3) is 0 Å². The minimum atomic E-state index is -0.0711. The third kappa shape index (κ3) is 4.65. The summed E-state index contributed by atoms with van der Waals surface area (Å²) in [5.74, 6) is 0.603. The molecule has 5 heteroatoms. The number of amides is 1. The first-order valence-corrected chi connectivity index (χ1v) is 7.81. The summed E-state index contributed by atoms with van der Waals surface area (Å²) in [5, 5.41) is 3.88. The number of carbonyl (C=O) groups excluding carboxylic acids is 1. The van der Waals surface area contributed by atoms with Gasteiger partial charge in [0.2, 0.25) is 5.91 Å². The number of ether oxygens (including phenoxy) is 1. The molecule has 0 unspecified atom stereocenters. The second-order valence-electron chi connectivity index (χ2n) is 4.73. The molecule has 0 aliphatic carbocycles. The maximum Gasteiger partial charge on any atom is 0.224 e. The van der Waals surface area contributed by atoms with Gasteiger partial charge in [-0.2, -0.15) is 0 Å². The number of rotatable bonds is 6. The summed E-state index contributed by atoms with van der Waals surface area (Å²) < 4.78 is 5.48. The Bertz CT molecular complexity index is 659. The number of hydrogen-bond donors (Lipinski definition) is 1. The van der Waals surface area contributed by atoms with E-state index in [4.69, 9.17) is 27.9 Å². The van der Waals surface area contributed by atoms with Crippen molar-refractivity contribution in [2.45, 2.75) is 19.8 Å². The van der Waals surface area contributed by atoms with Crippen molar-refractivity contribution in [1.29, 1.82) is 0 Å². The predicted octanol–water partition coefficient (Wildman–Crippen LogP) is 4.96. The summed E-state index contributed by atoms with van der Waals surface area (Å²) in [6.07, 6.45) is 0.956. The van der Waals surface area contributed by atoms with E-state index in [1.54, 1.807) is 12.1 Å². The van der Waals surface area contributed by atoms with E-state index in [1.807, 2.05) is 37.3 Å². The van der Waals surface area contributed by atoms with Crippen molar-refractivity contribution in [3.63, 3.8) is 0 Å². The van der Waals surface area contributed by atoms with Crippen molar-refractivity contribution in [3.05, 3.63) is 58.1 Å². The molecule has 22 heavy (non-hydrogen) atoms. The number of hydrogen-bond acceptors (Lipinski definition) is 2. The Balaban J connectivity index is 1.94. The maximum absolute atomic E-state index is 12.1. The van der Waals surface area contributed by atoms with Gasteiger partial charge in [-0.15, -0.1) is 0 Å². The Hall–Kier alpha value is -1.71. The van der Waals surface area contributed by atoms with Gasteiger partial charge in [0.05, 0.1) is 22.3 Å². The van der Waals surface area contributed by atoms with Crippen LogP contribution in [0.15, 0.2) is 42.5 Å². The van der Waals surface area contributed by atoms with Crippen LogP contribution in [0.5, 0.6) is 5.75 Å². The van der Waals surface area contributed by atoms with E-state index < -0.39 is 0 Å². The van der Waals surface area contributed by atoms with Crippen LogP contribution in [0.2, 0.25) is 10.0 Å². The van der Waals surface area contributed by atoms with E-state index in [1.165, 1.54) is 0 Å². The summed E-state index contributed by atoms with van der Waals surface area (Å²) >= 11 is 11.8. The summed E-state index contributed by atoms with van der Waals surface area (Å²) in [7, 11) is 0. The molecule has 1 amide bonds. The monoisotopic (exact) mass is 337 g/mol. The smallest absolute Gasteiger partial charge is 0.224 e. The molecule has 0 saturated heterocycles. The van der Waals surface area contributed by atoms with E-state index in [2.05, 4.69) is 5.32 Å². The van der Waals surface area contributed by atoms with E-state index in [-0.39, 0.29) is 5.91 Å². The normalized spacial score (nSPS) is 10.3. The average Bonchev–Trinajstić information content (AvgIpc) is 2.51. The highest BCUT2D eigenvalue weighted by atomic mass is 35.5. The molecule has 0 bridgehead atoms. The zero-order valence-corrected chi connectivity index (χ0v) is 13.7. The summed E-state index contributed by atoms with van der Waals surface area (Å²) in [6, 6.07) is 12.8. The van der Waals surface area contributed by atoms with Crippen molar-refractivity contribution in [2.24, 2.45) is 0 Å². The van der Waals surface area contributed by atoms with Crippen molar-refractivity contribution in [2.75, 3.05) is 11.9 Å². The van der Waals surface area contributed by atoms with Gasteiger partial charge in [0.25, 0.3) is 0 Å². The number of anilines is 1. The molecule has 0 atom stereocenters. The molecular formula is C17H17Cl2NO2. The minimum Gasteiger partial charge on any atom is -0.492 e. The Kier molecular flexibility index (Phi) is 6.10. The molecule has 0 aliphatic heterocycles. The molecule has 0 aromatic heterocycles. The van der Waals surface area contributed by atoms with Crippen molar-refractivity contribution in [1.82, 2.24) is 0 Å². The molecule has 2 rings (SSSR count). The van der Waals surface area contributed by atoms with Crippen LogP contribution in [0.1, 0.15) is 18.9 Å². The lowest BCUT2D eigenvalue weighted by molar-refractivity contribution is -0.116. The number of nitrogens with one attached hydrogen (secondary N) is 1. The summed E-state index contributed by atoms with van der Waals surface area (Å²) in [6.45, 7) is 2.46. The van der Waals surface area contributed by atoms with Crippen molar-refractivity contribution in [3.8, 4) is 5.75 Å². The second kappa shape index (κ2) is 8.06. The zero-order chi connectivity index (χ0) is 15.9. The molecule has 0 saturated carbocycles. The van der Waals surface area contributed by atoms with Gasteiger partial charge in [0, 0.05) is 6.42 Å². The van der Waals surface area contributed by atoms with E-state index >= 15 is 0 Å². The first-order valence-electron chi connectivity index (χ1n) is 7.05. The number of aryl methyl sites for hydroxylation is 1. The van der Waals surface area contributed by atoms with Crippen LogP contribution in [0, 0.1) is 0 Å². The van der Waals surface area contributed by atoms with Gasteiger partial charge in [-0.1, -0.05) is 41.4 Å². The molecule has 1 N–H and O–H groups in total. The van der Waals surface area contributed by atoms with Gasteiger partial charge in [-0.3, -0.25) is 4.79 Å². The van der Waals surface area contributed by atoms with Crippen LogP contribution in [0.4, 0.5) is 5.69 Å². The largest absolute Gasteiger partial charge is 0.492 e. The molecular weight excluding hydrogens is 321 g/mol. The highest BCUT2D eigenvalue weighted by molar-refractivity contribution is 6.42. The quantitative estimate of drug-likeness (QED) is 0.808. The molecule has 2 aromatic carbocycles. The standard InChI is InChI=1S/C17H17Cl2NO2/c1-2-22-16-6-4-3-5-15(16)20-17(21)10-8-12-7-9-13(18)14(19)11-12/h3-7,9,11H,2,8,10H2,1H3,(H,20,21). The predicted molar refractivity (Wildman–Crippen MR) is 91.0 cm³/mol. The number of carbonyl (C=O) groups is 1. The third-order valence-electron chi connectivity index (χ3n) is 3.09. The molecule has 0 heterocycles. The zero-order valence-electron chi connectivity index (χ0n) is 12.2. The highest BCUT2D eigenvalue weighted by Crippen LogP contribution is 2.25. The van der Waals surface area contributed by atoms with E-state index in [9.17, 15) is 4.79 Å². The fraction of sp³-hybridized carbons (Fsp3) is 0.235. The van der Waals surface area contributed by atoms with Gasteiger partial charge < -0.3 is 10.1 Å². The fourth-order valence-electron chi connectivity index (χ4n) is 2.02. The van der Waals surface area contributed by atoms with Gasteiger partial charge in [-0.25, -0.2) is 0 Å². The molecule has 0 spiro atoms.